The minimum absolute atomic E-state index is 0.00171. The number of H-pyrrole nitrogens is 1. The zero-order chi connectivity index (χ0) is 27.5. The Balaban J connectivity index is 1.40. The van der Waals surface area contributed by atoms with Gasteiger partial charge in [0.15, 0.2) is 5.76 Å². The number of aromatic amines is 1. The Morgan fingerprint density at radius 1 is 1.18 bits per heavy atom. The SMILES string of the molecule is CCOC1OC(C(=O)NCCc2c[nH]c3ccc(OC)cc23)=CC(c2ccsc2)C1CCOCCOCCO. The van der Waals surface area contributed by atoms with Crippen LogP contribution in [0.1, 0.15) is 30.4 Å². The number of amides is 1. The molecule has 9 nitrogen and oxygen atoms in total. The molecule has 212 valence electrons. The van der Waals surface area contributed by atoms with Crippen molar-refractivity contribution in [3.63, 3.8) is 0 Å². The van der Waals surface area contributed by atoms with Gasteiger partial charge in [-0.2, -0.15) is 11.3 Å². The number of carbonyl (C=O) groups is 1. The zero-order valence-electron chi connectivity index (χ0n) is 22.5. The maximum absolute atomic E-state index is 13.2. The standard InChI is InChI=1S/C29H38N2O7S/c1-3-37-29-23(7-11-35-13-14-36-12-10-32)24(21-8-15-39-19-21)17-27(38-29)28(33)30-9-6-20-18-31-26-5-4-22(34-2)16-25(20)26/h4-5,8,15-19,23-24,29,31-32H,3,6-7,9-14H2,1-2H3,(H,30,33). The van der Waals surface area contributed by atoms with E-state index in [2.05, 4.69) is 21.7 Å². The molecule has 1 aromatic carbocycles. The summed E-state index contributed by atoms with van der Waals surface area (Å²) in [4.78, 5) is 16.5. The predicted octanol–water partition coefficient (Wildman–Crippen LogP) is 3.99. The molecular weight excluding hydrogens is 520 g/mol. The molecule has 39 heavy (non-hydrogen) atoms. The third-order valence-electron chi connectivity index (χ3n) is 6.73. The van der Waals surface area contributed by atoms with E-state index in [-0.39, 0.29) is 30.1 Å². The molecule has 0 saturated heterocycles. The highest BCUT2D eigenvalue weighted by molar-refractivity contribution is 7.08. The minimum Gasteiger partial charge on any atom is -0.497 e. The van der Waals surface area contributed by atoms with Gasteiger partial charge in [0.1, 0.15) is 5.75 Å². The lowest BCUT2D eigenvalue weighted by Gasteiger charge is -2.36. The number of fused-ring (bicyclic) bond motifs is 1. The first-order chi connectivity index (χ1) is 19.1. The second-order valence-corrected chi connectivity index (χ2v) is 9.97. The Labute approximate surface area is 233 Å². The molecular formula is C29H38N2O7S. The van der Waals surface area contributed by atoms with Crippen molar-refractivity contribution in [2.45, 2.75) is 32.0 Å². The Kier molecular flexibility index (Phi) is 11.2. The van der Waals surface area contributed by atoms with Gasteiger partial charge in [-0.25, -0.2) is 0 Å². The first-order valence-corrected chi connectivity index (χ1v) is 14.3. The Morgan fingerprint density at radius 3 is 2.77 bits per heavy atom. The molecule has 3 N–H and O–H groups in total. The maximum atomic E-state index is 13.2. The number of methoxy groups -OCH3 is 1. The summed E-state index contributed by atoms with van der Waals surface area (Å²) < 4.78 is 28.5. The quantitative estimate of drug-likeness (QED) is 0.228. The van der Waals surface area contributed by atoms with Crippen LogP contribution in [0, 0.1) is 5.92 Å². The van der Waals surface area contributed by atoms with Gasteiger partial charge in [-0.05, 0) is 72.0 Å². The van der Waals surface area contributed by atoms with Gasteiger partial charge >= 0.3 is 0 Å². The van der Waals surface area contributed by atoms with E-state index in [1.165, 1.54) is 0 Å². The van der Waals surface area contributed by atoms with Crippen LogP contribution in [-0.2, 0) is 30.2 Å². The Hall–Kier alpha value is -2.89. The molecule has 0 aliphatic carbocycles. The van der Waals surface area contributed by atoms with E-state index in [0.29, 0.717) is 52.4 Å². The molecule has 2 aromatic heterocycles. The monoisotopic (exact) mass is 558 g/mol. The molecule has 3 unspecified atom stereocenters. The molecule has 1 aliphatic rings. The second kappa shape index (κ2) is 15.0. The number of benzene rings is 1. The highest BCUT2D eigenvalue weighted by atomic mass is 32.1. The van der Waals surface area contributed by atoms with Crippen LogP contribution in [-0.4, -0.2) is 75.6 Å². The molecule has 1 amide bonds. The molecule has 0 saturated carbocycles. The average Bonchev–Trinajstić information content (AvgIpc) is 3.63. The third-order valence-corrected chi connectivity index (χ3v) is 7.43. The van der Waals surface area contributed by atoms with Gasteiger partial charge in [-0.15, -0.1) is 0 Å². The topological polar surface area (TPSA) is 111 Å². The van der Waals surface area contributed by atoms with E-state index in [0.717, 1.165) is 27.8 Å². The molecule has 0 bridgehead atoms. The minimum atomic E-state index is -0.569. The number of ether oxygens (including phenoxy) is 5. The molecule has 0 radical (unpaired) electrons. The number of allylic oxidation sites excluding steroid dienone is 1. The highest BCUT2D eigenvalue weighted by Crippen LogP contribution is 2.39. The van der Waals surface area contributed by atoms with Crippen molar-refractivity contribution in [3.8, 4) is 5.75 Å². The van der Waals surface area contributed by atoms with Gasteiger partial charge in [-0.1, -0.05) is 0 Å². The van der Waals surface area contributed by atoms with Gasteiger partial charge < -0.3 is 39.1 Å². The van der Waals surface area contributed by atoms with E-state index in [1.54, 1.807) is 18.4 Å². The Bertz CT molecular complexity index is 1190. The third kappa shape index (κ3) is 7.83. The maximum Gasteiger partial charge on any atom is 0.286 e. The largest absolute Gasteiger partial charge is 0.497 e. The van der Waals surface area contributed by atoms with Crippen molar-refractivity contribution in [1.29, 1.82) is 0 Å². The van der Waals surface area contributed by atoms with E-state index in [4.69, 9.17) is 28.8 Å². The van der Waals surface area contributed by atoms with Crippen molar-refractivity contribution in [2.24, 2.45) is 5.92 Å². The number of carbonyl (C=O) groups excluding carboxylic acids is 1. The summed E-state index contributed by atoms with van der Waals surface area (Å²) in [5.41, 5.74) is 3.26. The van der Waals surface area contributed by atoms with Crippen molar-refractivity contribution < 1.29 is 33.6 Å². The Morgan fingerprint density at radius 2 is 2.03 bits per heavy atom. The van der Waals surface area contributed by atoms with E-state index >= 15 is 0 Å². The van der Waals surface area contributed by atoms with Crippen LogP contribution in [0.25, 0.3) is 10.9 Å². The summed E-state index contributed by atoms with van der Waals surface area (Å²) in [6.45, 7) is 4.53. The van der Waals surface area contributed by atoms with Gasteiger partial charge in [0.05, 0.1) is 33.5 Å². The van der Waals surface area contributed by atoms with Crippen LogP contribution in [0.4, 0.5) is 0 Å². The van der Waals surface area contributed by atoms with Crippen LogP contribution >= 0.6 is 11.3 Å². The van der Waals surface area contributed by atoms with Crippen LogP contribution in [0.5, 0.6) is 5.75 Å². The molecule has 0 spiro atoms. The average molecular weight is 559 g/mol. The summed E-state index contributed by atoms with van der Waals surface area (Å²) in [6.07, 6.45) is 4.67. The fourth-order valence-electron chi connectivity index (χ4n) is 4.78. The van der Waals surface area contributed by atoms with Crippen molar-refractivity contribution in [3.05, 3.63) is 64.2 Å². The number of aromatic nitrogens is 1. The number of aliphatic hydroxyl groups excluding tert-OH is 1. The molecule has 10 heteroatoms. The van der Waals surface area contributed by atoms with E-state index in [9.17, 15) is 4.79 Å². The van der Waals surface area contributed by atoms with Gasteiger partial charge in [0.25, 0.3) is 5.91 Å². The zero-order valence-corrected chi connectivity index (χ0v) is 23.3. The number of hydrogen-bond acceptors (Lipinski definition) is 8. The normalized spacial score (nSPS) is 19.1. The first kappa shape index (κ1) is 29.1. The lowest BCUT2D eigenvalue weighted by Crippen LogP contribution is -2.39. The summed E-state index contributed by atoms with van der Waals surface area (Å²) >= 11 is 1.62. The van der Waals surface area contributed by atoms with Crippen molar-refractivity contribution in [1.82, 2.24) is 10.3 Å². The lowest BCUT2D eigenvalue weighted by atomic mass is 9.82. The van der Waals surface area contributed by atoms with Gasteiger partial charge in [-0.3, -0.25) is 4.79 Å². The smallest absolute Gasteiger partial charge is 0.286 e. The fraction of sp³-hybridized carbons (Fsp3) is 0.483. The fourth-order valence-corrected chi connectivity index (χ4v) is 5.48. The lowest BCUT2D eigenvalue weighted by molar-refractivity contribution is -0.168. The number of thiophene rings is 1. The molecule has 1 aliphatic heterocycles. The number of aliphatic hydroxyl groups is 1. The number of hydrogen-bond donors (Lipinski definition) is 3. The predicted molar refractivity (Wildman–Crippen MR) is 150 cm³/mol. The summed E-state index contributed by atoms with van der Waals surface area (Å²) in [7, 11) is 1.65. The summed E-state index contributed by atoms with van der Waals surface area (Å²) in [6, 6.07) is 7.99. The second-order valence-electron chi connectivity index (χ2n) is 9.19. The van der Waals surface area contributed by atoms with E-state index in [1.807, 2.05) is 42.8 Å². The van der Waals surface area contributed by atoms with Crippen LogP contribution in [0.15, 0.2) is 53.1 Å². The van der Waals surface area contributed by atoms with Crippen molar-refractivity contribution >= 4 is 28.1 Å². The first-order valence-electron chi connectivity index (χ1n) is 13.3. The molecule has 4 rings (SSSR count). The van der Waals surface area contributed by atoms with Gasteiger partial charge in [0.2, 0.25) is 6.29 Å². The van der Waals surface area contributed by atoms with Gasteiger partial charge in [0, 0.05) is 48.7 Å². The highest BCUT2D eigenvalue weighted by Gasteiger charge is 2.38. The summed E-state index contributed by atoms with van der Waals surface area (Å²) in [5.74, 6) is 0.755. The summed E-state index contributed by atoms with van der Waals surface area (Å²) in [5, 5.41) is 17.1. The molecule has 0 fully saturated rings. The molecule has 3 atom stereocenters. The van der Waals surface area contributed by atoms with Crippen molar-refractivity contribution in [2.75, 3.05) is 53.3 Å². The van der Waals surface area contributed by atoms with Crippen LogP contribution in [0.3, 0.4) is 0 Å². The number of rotatable bonds is 16. The molecule has 3 heterocycles. The van der Waals surface area contributed by atoms with Crippen LogP contribution < -0.4 is 10.1 Å². The number of nitrogens with one attached hydrogen (secondary N) is 2. The van der Waals surface area contributed by atoms with Crippen LogP contribution in [0.2, 0.25) is 0 Å². The molecule has 3 aromatic rings. The van der Waals surface area contributed by atoms with E-state index < -0.39 is 6.29 Å².